The average molecular weight is 165 g/mol. The summed E-state index contributed by atoms with van der Waals surface area (Å²) >= 11 is 0. The van der Waals surface area contributed by atoms with Crippen LogP contribution in [0.3, 0.4) is 0 Å². The number of carbonyl (C=O) groups is 1. The van der Waals surface area contributed by atoms with Gasteiger partial charge in [0, 0.05) is 12.8 Å². The van der Waals surface area contributed by atoms with Gasteiger partial charge in [0.25, 0.3) is 0 Å². The molecule has 0 bridgehead atoms. The van der Waals surface area contributed by atoms with E-state index in [-0.39, 0.29) is 17.1 Å². The lowest BCUT2D eigenvalue weighted by Crippen LogP contribution is -1.99. The topological polar surface area (TPSA) is 17.1 Å². The highest BCUT2D eigenvalue weighted by atomic mass is 16.1. The Labute approximate surface area is 74.9 Å². The largest absolute Gasteiger partial charge is 0.299 e. The number of ketones is 1. The van der Waals surface area contributed by atoms with Crippen LogP contribution in [0.4, 0.5) is 0 Å². The van der Waals surface area contributed by atoms with Crippen LogP contribution in [-0.2, 0) is 4.79 Å². The van der Waals surface area contributed by atoms with Crippen LogP contribution < -0.4 is 0 Å². The van der Waals surface area contributed by atoms with Gasteiger partial charge in [-0.3, -0.25) is 4.79 Å². The van der Waals surface area contributed by atoms with Crippen LogP contribution in [0, 0.1) is 24.2 Å². The number of carbonyl (C=O) groups excluding carboxylic acids is 1. The smallest absolute Gasteiger partial charge is 0.137 e. The van der Waals surface area contributed by atoms with Crippen LogP contribution >= 0.6 is 0 Å². The monoisotopic (exact) mass is 165 g/mol. The minimum Gasteiger partial charge on any atom is -0.299 e. The van der Waals surface area contributed by atoms with Gasteiger partial charge in [-0.25, -0.2) is 0 Å². The Balaban J connectivity index is 2.73. The van der Waals surface area contributed by atoms with Crippen molar-refractivity contribution < 1.29 is 4.79 Å². The molecule has 2 atom stereocenters. The van der Waals surface area contributed by atoms with Gasteiger partial charge >= 0.3 is 0 Å². The molecule has 1 radical (unpaired) electrons. The zero-order chi connectivity index (χ0) is 9.52. The molecule has 12 heavy (non-hydrogen) atoms. The zero-order valence-corrected chi connectivity index (χ0v) is 8.35. The van der Waals surface area contributed by atoms with Crippen molar-refractivity contribution in [3.8, 4) is 0 Å². The van der Waals surface area contributed by atoms with Gasteiger partial charge in [-0.2, -0.15) is 0 Å². The van der Waals surface area contributed by atoms with Crippen LogP contribution in [0.15, 0.2) is 11.6 Å². The summed E-state index contributed by atoms with van der Waals surface area (Å²) in [5.41, 5.74) is 1.44. The molecule has 1 aliphatic carbocycles. The van der Waals surface area contributed by atoms with Gasteiger partial charge in [-0.1, -0.05) is 25.5 Å². The van der Waals surface area contributed by atoms with Crippen molar-refractivity contribution >= 4 is 5.78 Å². The van der Waals surface area contributed by atoms with Crippen molar-refractivity contribution in [2.75, 3.05) is 0 Å². The maximum Gasteiger partial charge on any atom is 0.137 e. The maximum absolute atomic E-state index is 11.1. The molecule has 1 fully saturated rings. The van der Waals surface area contributed by atoms with E-state index in [1.165, 1.54) is 5.57 Å². The van der Waals surface area contributed by atoms with Gasteiger partial charge in [0.15, 0.2) is 0 Å². The van der Waals surface area contributed by atoms with E-state index in [2.05, 4.69) is 40.7 Å². The fraction of sp³-hybridized carbons (Fsp3) is 0.636. The molecule has 1 heteroatoms. The van der Waals surface area contributed by atoms with Crippen molar-refractivity contribution in [1.29, 1.82) is 0 Å². The number of allylic oxidation sites excluding steroid dienone is 2. The maximum atomic E-state index is 11.1. The van der Waals surface area contributed by atoms with Gasteiger partial charge < -0.3 is 0 Å². The second kappa shape index (κ2) is 2.72. The first kappa shape index (κ1) is 9.50. The Bertz CT molecular complexity index is 231. The molecule has 0 unspecified atom stereocenters. The highest BCUT2D eigenvalue weighted by Gasteiger charge is 2.58. The summed E-state index contributed by atoms with van der Waals surface area (Å²) in [4.78, 5) is 11.1. The van der Waals surface area contributed by atoms with E-state index in [9.17, 15) is 4.79 Å². The fourth-order valence-electron chi connectivity index (χ4n) is 1.96. The van der Waals surface area contributed by atoms with E-state index >= 15 is 0 Å². The summed E-state index contributed by atoms with van der Waals surface area (Å²) in [5.74, 6) is 0.669. The Morgan fingerprint density at radius 1 is 1.42 bits per heavy atom. The van der Waals surface area contributed by atoms with Crippen molar-refractivity contribution in [2.45, 2.75) is 27.7 Å². The minimum absolute atomic E-state index is 0.0856. The minimum atomic E-state index is 0.0856. The molecule has 1 aliphatic rings. The molecule has 1 saturated carbocycles. The summed E-state index contributed by atoms with van der Waals surface area (Å²) in [6.07, 6.45) is 2.19. The third-order valence-electron chi connectivity index (χ3n) is 2.77. The summed E-state index contributed by atoms with van der Waals surface area (Å²) in [7, 11) is 0. The number of hydrogen-bond donors (Lipinski definition) is 0. The molecule has 67 valence electrons. The van der Waals surface area contributed by atoms with Crippen LogP contribution in [0.1, 0.15) is 27.7 Å². The molecule has 0 aromatic rings. The van der Waals surface area contributed by atoms with Crippen LogP contribution in [0.25, 0.3) is 0 Å². The standard InChI is InChI=1S/C11H17O/c1-7(2)6-9-10(8(3)12)11(9,4)5/h6,9-10H,3H2,1-2,4-5H3/t9-,10-/m0/s1. The van der Waals surface area contributed by atoms with Crippen LogP contribution in [0.2, 0.25) is 0 Å². The molecule has 0 aromatic carbocycles. The van der Waals surface area contributed by atoms with E-state index in [1.54, 1.807) is 0 Å². The second-order valence-corrected chi connectivity index (χ2v) is 4.54. The normalized spacial score (nSPS) is 31.1. The first-order chi connectivity index (χ1) is 5.37. The van der Waals surface area contributed by atoms with Gasteiger partial charge in [-0.05, 0) is 25.2 Å². The van der Waals surface area contributed by atoms with Crippen LogP contribution in [0.5, 0.6) is 0 Å². The number of Topliss-reactive ketones (excluding diaryl/α,β-unsaturated/α-hetero) is 1. The Morgan fingerprint density at radius 2 is 1.92 bits per heavy atom. The molecule has 0 amide bonds. The predicted molar refractivity (Wildman–Crippen MR) is 50.6 cm³/mol. The molecule has 0 heterocycles. The van der Waals surface area contributed by atoms with Crippen molar-refractivity contribution in [1.82, 2.24) is 0 Å². The van der Waals surface area contributed by atoms with Gasteiger partial charge in [-0.15, -0.1) is 0 Å². The molecule has 0 spiro atoms. The number of rotatable bonds is 2. The molecular formula is C11H17O. The van der Waals surface area contributed by atoms with Gasteiger partial charge in [0.1, 0.15) is 5.78 Å². The third-order valence-corrected chi connectivity index (χ3v) is 2.77. The lowest BCUT2D eigenvalue weighted by molar-refractivity contribution is -0.116. The Morgan fingerprint density at radius 3 is 2.17 bits per heavy atom. The molecule has 0 N–H and O–H groups in total. The van der Waals surface area contributed by atoms with Crippen molar-refractivity contribution in [2.24, 2.45) is 17.3 Å². The Kier molecular flexibility index (Phi) is 2.15. The first-order valence-electron chi connectivity index (χ1n) is 4.38. The predicted octanol–water partition coefficient (Wildman–Crippen LogP) is 2.63. The molecule has 0 aromatic heterocycles. The fourth-order valence-corrected chi connectivity index (χ4v) is 1.96. The highest BCUT2D eigenvalue weighted by Crippen LogP contribution is 2.59. The molecular weight excluding hydrogens is 148 g/mol. The van der Waals surface area contributed by atoms with E-state index in [0.717, 1.165) is 0 Å². The van der Waals surface area contributed by atoms with E-state index in [4.69, 9.17) is 0 Å². The van der Waals surface area contributed by atoms with E-state index in [0.29, 0.717) is 5.92 Å². The lowest BCUT2D eigenvalue weighted by Gasteiger charge is -1.97. The SMILES string of the molecule is [CH2]C(=O)[C@H]1[C@H](C=C(C)C)C1(C)C. The first-order valence-corrected chi connectivity index (χ1v) is 4.38. The second-order valence-electron chi connectivity index (χ2n) is 4.54. The molecule has 1 nitrogen and oxygen atoms in total. The molecule has 1 rings (SSSR count). The lowest BCUT2D eigenvalue weighted by atomic mass is 10.1. The summed E-state index contributed by atoms with van der Waals surface area (Å²) in [5, 5.41) is 0. The molecule has 0 saturated heterocycles. The quantitative estimate of drug-likeness (QED) is 0.575. The van der Waals surface area contributed by atoms with Gasteiger partial charge in [0.2, 0.25) is 0 Å². The van der Waals surface area contributed by atoms with Crippen molar-refractivity contribution in [3.63, 3.8) is 0 Å². The average Bonchev–Trinajstić information content (AvgIpc) is 2.32. The zero-order valence-electron chi connectivity index (χ0n) is 8.35. The van der Waals surface area contributed by atoms with E-state index in [1.807, 2.05) is 0 Å². The summed E-state index contributed by atoms with van der Waals surface area (Å²) < 4.78 is 0. The van der Waals surface area contributed by atoms with Crippen LogP contribution in [-0.4, -0.2) is 5.78 Å². The number of hydrogen-bond acceptors (Lipinski definition) is 1. The summed E-state index contributed by atoms with van der Waals surface area (Å²) in [6.45, 7) is 11.9. The highest BCUT2D eigenvalue weighted by molar-refractivity contribution is 5.89. The third kappa shape index (κ3) is 1.45. The van der Waals surface area contributed by atoms with E-state index < -0.39 is 0 Å². The Hall–Kier alpha value is -0.590. The van der Waals surface area contributed by atoms with Gasteiger partial charge in [0.05, 0.1) is 0 Å². The molecule has 0 aliphatic heterocycles. The summed E-state index contributed by atoms with van der Waals surface area (Å²) in [6, 6.07) is 0. The van der Waals surface area contributed by atoms with Crippen molar-refractivity contribution in [3.05, 3.63) is 18.6 Å².